The van der Waals surface area contributed by atoms with Gasteiger partial charge in [-0.15, -0.1) is 0 Å². The lowest BCUT2D eigenvalue weighted by Gasteiger charge is -2.23. The molecule has 0 aliphatic carbocycles. The first kappa shape index (κ1) is 15.0. The number of likely N-dealkylation sites (tertiary alicyclic amines) is 1. The lowest BCUT2D eigenvalue weighted by atomic mass is 10.2. The van der Waals surface area contributed by atoms with Gasteiger partial charge < -0.3 is 5.11 Å². The average molecular weight is 310 g/mol. The molecule has 2 saturated heterocycles. The summed E-state index contributed by atoms with van der Waals surface area (Å²) in [6.07, 6.45) is 3.38. The summed E-state index contributed by atoms with van der Waals surface area (Å²) in [6, 6.07) is 6.88. The summed E-state index contributed by atoms with van der Waals surface area (Å²) in [5.41, 5.74) is 0.727. The van der Waals surface area contributed by atoms with Gasteiger partial charge in [0.25, 0.3) is 0 Å². The van der Waals surface area contributed by atoms with E-state index in [0.29, 0.717) is 24.0 Å². The number of aliphatic hydroxyl groups excluding tert-OH is 1. The molecule has 1 aromatic rings. The number of hydrogen-bond acceptors (Lipinski definition) is 4. The van der Waals surface area contributed by atoms with Crippen molar-refractivity contribution in [1.29, 1.82) is 0 Å². The van der Waals surface area contributed by atoms with Crippen molar-refractivity contribution < 1.29 is 13.5 Å². The second-order valence-electron chi connectivity index (χ2n) is 5.85. The van der Waals surface area contributed by atoms with Crippen LogP contribution in [0.1, 0.15) is 24.8 Å². The van der Waals surface area contributed by atoms with E-state index >= 15 is 0 Å². The molecule has 1 atom stereocenters. The van der Waals surface area contributed by atoms with Crippen LogP contribution in [-0.4, -0.2) is 55.0 Å². The molecule has 0 radical (unpaired) electrons. The number of aliphatic hydroxyl groups is 1. The maximum absolute atomic E-state index is 12.6. The van der Waals surface area contributed by atoms with Gasteiger partial charge in [-0.1, -0.05) is 12.1 Å². The van der Waals surface area contributed by atoms with E-state index in [1.54, 1.807) is 28.6 Å². The Morgan fingerprint density at radius 1 is 1.10 bits per heavy atom. The number of benzene rings is 1. The second kappa shape index (κ2) is 6.04. The minimum Gasteiger partial charge on any atom is -0.392 e. The van der Waals surface area contributed by atoms with Gasteiger partial charge in [0, 0.05) is 19.1 Å². The molecule has 6 heteroatoms. The average Bonchev–Trinajstić information content (AvgIpc) is 3.18. The van der Waals surface area contributed by atoms with Crippen LogP contribution in [0.4, 0.5) is 0 Å². The predicted octanol–water partition coefficient (Wildman–Crippen LogP) is 1.04. The Balaban J connectivity index is 1.72. The van der Waals surface area contributed by atoms with Crippen LogP contribution in [0.25, 0.3) is 0 Å². The van der Waals surface area contributed by atoms with E-state index < -0.39 is 10.0 Å². The smallest absolute Gasteiger partial charge is 0.243 e. The molecule has 2 aliphatic heterocycles. The van der Waals surface area contributed by atoms with Crippen molar-refractivity contribution in [2.24, 2.45) is 0 Å². The second-order valence-corrected chi connectivity index (χ2v) is 7.79. The fourth-order valence-corrected chi connectivity index (χ4v) is 4.74. The van der Waals surface area contributed by atoms with E-state index in [1.807, 2.05) is 0 Å². The quantitative estimate of drug-likeness (QED) is 0.902. The Hall–Kier alpha value is -0.950. The van der Waals surface area contributed by atoms with E-state index in [0.717, 1.165) is 25.1 Å². The maximum atomic E-state index is 12.6. The third kappa shape index (κ3) is 2.99. The first-order valence-corrected chi connectivity index (χ1v) is 8.99. The summed E-state index contributed by atoms with van der Waals surface area (Å²) < 4.78 is 26.9. The first-order valence-electron chi connectivity index (χ1n) is 7.55. The van der Waals surface area contributed by atoms with Gasteiger partial charge in [0.1, 0.15) is 0 Å². The summed E-state index contributed by atoms with van der Waals surface area (Å²) in [5.74, 6) is 0. The molecule has 1 N–H and O–H groups in total. The topological polar surface area (TPSA) is 60.9 Å². The van der Waals surface area contributed by atoms with Crippen LogP contribution in [0, 0.1) is 0 Å². The van der Waals surface area contributed by atoms with Crippen LogP contribution in [0.15, 0.2) is 29.2 Å². The molecule has 1 aromatic carbocycles. The largest absolute Gasteiger partial charge is 0.392 e. The van der Waals surface area contributed by atoms with Crippen LogP contribution in [0.3, 0.4) is 0 Å². The Labute approximate surface area is 126 Å². The summed E-state index contributed by atoms with van der Waals surface area (Å²) >= 11 is 0. The fourth-order valence-electron chi connectivity index (χ4n) is 3.25. The summed E-state index contributed by atoms with van der Waals surface area (Å²) in [5, 5.41) is 9.03. The standard InChI is InChI=1S/C15H22N2O3S/c18-12-13-3-5-15(6-4-13)21(19,20)17-10-7-14(11-17)16-8-1-2-9-16/h3-6,14,18H,1-2,7-12H2. The van der Waals surface area contributed by atoms with Crippen molar-refractivity contribution in [2.45, 2.75) is 36.8 Å². The zero-order valence-corrected chi connectivity index (χ0v) is 12.9. The van der Waals surface area contributed by atoms with E-state index in [1.165, 1.54) is 12.8 Å². The summed E-state index contributed by atoms with van der Waals surface area (Å²) in [6.45, 7) is 3.34. The molecule has 2 fully saturated rings. The predicted molar refractivity (Wildman–Crippen MR) is 80.3 cm³/mol. The van der Waals surface area contributed by atoms with Gasteiger partial charge in [-0.3, -0.25) is 4.90 Å². The van der Waals surface area contributed by atoms with Gasteiger partial charge in [-0.25, -0.2) is 8.42 Å². The molecule has 116 valence electrons. The molecule has 1 unspecified atom stereocenters. The molecule has 0 aromatic heterocycles. The van der Waals surface area contributed by atoms with Crippen molar-refractivity contribution in [3.63, 3.8) is 0 Å². The summed E-state index contributed by atoms with van der Waals surface area (Å²) in [7, 11) is -3.40. The van der Waals surface area contributed by atoms with E-state index in [9.17, 15) is 8.42 Å². The zero-order valence-electron chi connectivity index (χ0n) is 12.1. The molecule has 0 bridgehead atoms. The Morgan fingerprint density at radius 3 is 2.38 bits per heavy atom. The van der Waals surface area contributed by atoms with Crippen molar-refractivity contribution >= 4 is 10.0 Å². The molecule has 2 aliphatic rings. The third-order valence-electron chi connectivity index (χ3n) is 4.53. The molecule has 3 rings (SSSR count). The molecule has 0 saturated carbocycles. The van der Waals surface area contributed by atoms with Gasteiger partial charge in [0.15, 0.2) is 0 Å². The Bertz CT molecular complexity index is 579. The third-order valence-corrected chi connectivity index (χ3v) is 6.41. The molecule has 0 amide bonds. The van der Waals surface area contributed by atoms with Crippen molar-refractivity contribution in [2.75, 3.05) is 26.2 Å². The van der Waals surface area contributed by atoms with Gasteiger partial charge in [0.2, 0.25) is 10.0 Å². The fraction of sp³-hybridized carbons (Fsp3) is 0.600. The maximum Gasteiger partial charge on any atom is 0.243 e. The van der Waals surface area contributed by atoms with Crippen LogP contribution < -0.4 is 0 Å². The molecular formula is C15H22N2O3S. The van der Waals surface area contributed by atoms with E-state index in [-0.39, 0.29) is 6.61 Å². The molecule has 0 spiro atoms. The highest BCUT2D eigenvalue weighted by Crippen LogP contribution is 2.25. The molecular weight excluding hydrogens is 288 g/mol. The molecule has 2 heterocycles. The molecule has 21 heavy (non-hydrogen) atoms. The summed E-state index contributed by atoms with van der Waals surface area (Å²) in [4.78, 5) is 2.74. The zero-order chi connectivity index (χ0) is 14.9. The highest BCUT2D eigenvalue weighted by Gasteiger charge is 2.35. The monoisotopic (exact) mass is 310 g/mol. The van der Waals surface area contributed by atoms with Gasteiger partial charge in [0.05, 0.1) is 11.5 Å². The van der Waals surface area contributed by atoms with Crippen LogP contribution in [0.5, 0.6) is 0 Å². The highest BCUT2D eigenvalue weighted by molar-refractivity contribution is 7.89. The Morgan fingerprint density at radius 2 is 1.76 bits per heavy atom. The van der Waals surface area contributed by atoms with Crippen LogP contribution in [-0.2, 0) is 16.6 Å². The Kier molecular flexibility index (Phi) is 4.31. The highest BCUT2D eigenvalue weighted by atomic mass is 32.2. The lowest BCUT2D eigenvalue weighted by Crippen LogP contribution is -2.37. The SMILES string of the molecule is O=S(=O)(c1ccc(CO)cc1)N1CCC(N2CCCC2)C1. The van der Waals surface area contributed by atoms with Crippen molar-refractivity contribution in [1.82, 2.24) is 9.21 Å². The van der Waals surface area contributed by atoms with Crippen molar-refractivity contribution in [3.05, 3.63) is 29.8 Å². The number of sulfonamides is 1. The van der Waals surface area contributed by atoms with E-state index in [2.05, 4.69) is 4.90 Å². The minimum atomic E-state index is -3.40. The van der Waals surface area contributed by atoms with Crippen LogP contribution >= 0.6 is 0 Å². The lowest BCUT2D eigenvalue weighted by molar-refractivity contribution is 0.251. The number of hydrogen-bond donors (Lipinski definition) is 1. The minimum absolute atomic E-state index is 0.0684. The normalized spacial score (nSPS) is 24.7. The van der Waals surface area contributed by atoms with Gasteiger partial charge in [-0.05, 0) is 50.0 Å². The molecule has 5 nitrogen and oxygen atoms in total. The number of nitrogens with zero attached hydrogens (tertiary/aromatic N) is 2. The van der Waals surface area contributed by atoms with Crippen molar-refractivity contribution in [3.8, 4) is 0 Å². The van der Waals surface area contributed by atoms with Gasteiger partial charge in [-0.2, -0.15) is 4.31 Å². The van der Waals surface area contributed by atoms with Gasteiger partial charge >= 0.3 is 0 Å². The van der Waals surface area contributed by atoms with E-state index in [4.69, 9.17) is 5.11 Å². The van der Waals surface area contributed by atoms with Crippen LogP contribution in [0.2, 0.25) is 0 Å². The number of rotatable bonds is 4. The first-order chi connectivity index (χ1) is 10.1.